The van der Waals surface area contributed by atoms with Crippen LogP contribution in [0.3, 0.4) is 0 Å². The van der Waals surface area contributed by atoms with Crippen LogP contribution in [-0.2, 0) is 0 Å². The van der Waals surface area contributed by atoms with Gasteiger partial charge in [-0.05, 0) is 36.4 Å². The summed E-state index contributed by atoms with van der Waals surface area (Å²) >= 11 is 5.16. The molecule has 0 aliphatic rings. The largest absolute Gasteiger partial charge is 0.346 e. The van der Waals surface area contributed by atoms with E-state index in [2.05, 4.69) is 5.32 Å². The molecule has 2 rings (SSSR count). The van der Waals surface area contributed by atoms with Crippen LogP contribution in [0.15, 0.2) is 48.5 Å². The summed E-state index contributed by atoms with van der Waals surface area (Å²) in [6, 6.07) is 11.7. The lowest BCUT2D eigenvalue weighted by molar-refractivity contribution is -0.384. The van der Waals surface area contributed by atoms with Crippen molar-refractivity contribution in [3.8, 4) is 0 Å². The van der Waals surface area contributed by atoms with Crippen LogP contribution in [0.1, 0.15) is 5.56 Å². The Balaban J connectivity index is 2.10. The molecule has 1 N–H and O–H groups in total. The van der Waals surface area contributed by atoms with E-state index >= 15 is 0 Å². The van der Waals surface area contributed by atoms with E-state index in [9.17, 15) is 14.5 Å². The normalized spacial score (nSPS) is 9.95. The average Bonchev–Trinajstić information content (AvgIpc) is 2.40. The Hall–Kier alpha value is -2.34. The lowest BCUT2D eigenvalue weighted by Crippen LogP contribution is -2.10. The number of nitro benzene ring substituents is 1. The second-order valence-electron chi connectivity index (χ2n) is 3.77. The molecule has 0 saturated heterocycles. The number of rotatable bonds is 3. The number of nitrogens with zero attached hydrogens (tertiary/aromatic N) is 1. The summed E-state index contributed by atoms with van der Waals surface area (Å²) in [7, 11) is 0. The Bertz CT molecular complexity index is 612. The summed E-state index contributed by atoms with van der Waals surface area (Å²) in [5.74, 6) is -0.332. The van der Waals surface area contributed by atoms with E-state index in [0.717, 1.165) is 0 Å². The topological polar surface area (TPSA) is 55.2 Å². The van der Waals surface area contributed by atoms with Crippen molar-refractivity contribution in [3.05, 3.63) is 70.0 Å². The van der Waals surface area contributed by atoms with Crippen molar-refractivity contribution in [2.24, 2.45) is 0 Å². The summed E-state index contributed by atoms with van der Waals surface area (Å²) in [5.41, 5.74) is 1.33. The number of nitrogens with one attached hydrogen (secondary N) is 1. The van der Waals surface area contributed by atoms with Gasteiger partial charge < -0.3 is 5.32 Å². The number of non-ortho nitro benzene ring substituents is 1. The standard InChI is InChI=1S/C13H9FN2O2S/c14-10-3-1-9(2-4-10)13(19)15-11-5-7-12(8-6-11)16(17)18/h1-8H,(H,15,19). The molecular formula is C13H9FN2O2S. The molecule has 0 aliphatic heterocycles. The quantitative estimate of drug-likeness (QED) is 0.529. The highest BCUT2D eigenvalue weighted by Crippen LogP contribution is 2.16. The maximum Gasteiger partial charge on any atom is 0.269 e. The molecule has 0 bridgehead atoms. The van der Waals surface area contributed by atoms with Gasteiger partial charge >= 0.3 is 0 Å². The summed E-state index contributed by atoms with van der Waals surface area (Å²) in [6.45, 7) is 0. The maximum atomic E-state index is 12.8. The minimum Gasteiger partial charge on any atom is -0.346 e. The second-order valence-corrected chi connectivity index (χ2v) is 4.17. The van der Waals surface area contributed by atoms with E-state index in [1.807, 2.05) is 0 Å². The molecule has 0 spiro atoms. The van der Waals surface area contributed by atoms with Gasteiger partial charge in [0.2, 0.25) is 0 Å². The van der Waals surface area contributed by atoms with Crippen LogP contribution in [0.5, 0.6) is 0 Å². The molecule has 0 unspecified atom stereocenters. The third kappa shape index (κ3) is 3.32. The number of halogens is 1. The first-order valence-corrected chi connectivity index (χ1v) is 5.78. The number of anilines is 1. The number of hydrogen-bond donors (Lipinski definition) is 1. The summed E-state index contributed by atoms with van der Waals surface area (Å²) in [4.78, 5) is 10.5. The number of benzene rings is 2. The number of thiocarbonyl (C=S) groups is 1. The molecule has 0 saturated carbocycles. The molecule has 0 aromatic heterocycles. The monoisotopic (exact) mass is 276 g/mol. The molecule has 0 heterocycles. The van der Waals surface area contributed by atoms with Gasteiger partial charge in [-0.25, -0.2) is 4.39 Å². The Morgan fingerprint density at radius 1 is 1.11 bits per heavy atom. The molecular weight excluding hydrogens is 267 g/mol. The third-order valence-corrected chi connectivity index (χ3v) is 2.78. The van der Waals surface area contributed by atoms with Crippen LogP contribution in [0, 0.1) is 15.9 Å². The number of nitro groups is 1. The van der Waals surface area contributed by atoms with Crippen molar-refractivity contribution in [3.63, 3.8) is 0 Å². The second kappa shape index (κ2) is 5.53. The van der Waals surface area contributed by atoms with Crippen molar-refractivity contribution in [1.82, 2.24) is 0 Å². The molecule has 96 valence electrons. The first kappa shape index (κ1) is 13.1. The molecule has 19 heavy (non-hydrogen) atoms. The van der Waals surface area contributed by atoms with Crippen molar-refractivity contribution >= 4 is 28.6 Å². The lowest BCUT2D eigenvalue weighted by atomic mass is 10.2. The van der Waals surface area contributed by atoms with E-state index < -0.39 is 4.92 Å². The summed E-state index contributed by atoms with van der Waals surface area (Å²) in [6.07, 6.45) is 0. The van der Waals surface area contributed by atoms with Gasteiger partial charge in [0.25, 0.3) is 5.69 Å². The average molecular weight is 276 g/mol. The fourth-order valence-electron chi connectivity index (χ4n) is 1.47. The SMILES string of the molecule is O=[N+]([O-])c1ccc(NC(=S)c2ccc(F)cc2)cc1. The molecule has 2 aromatic rings. The Morgan fingerprint density at radius 2 is 1.68 bits per heavy atom. The Labute approximate surface area is 114 Å². The third-order valence-electron chi connectivity index (χ3n) is 2.44. The lowest BCUT2D eigenvalue weighted by Gasteiger charge is -2.07. The molecule has 0 radical (unpaired) electrons. The fraction of sp³-hybridized carbons (Fsp3) is 0. The van der Waals surface area contributed by atoms with Crippen molar-refractivity contribution in [2.45, 2.75) is 0 Å². The first-order valence-electron chi connectivity index (χ1n) is 5.37. The molecule has 0 atom stereocenters. The molecule has 0 fully saturated rings. The molecule has 2 aromatic carbocycles. The summed E-state index contributed by atoms with van der Waals surface area (Å²) < 4.78 is 12.8. The van der Waals surface area contributed by atoms with Crippen LogP contribution < -0.4 is 5.32 Å². The van der Waals surface area contributed by atoms with Crippen molar-refractivity contribution in [1.29, 1.82) is 0 Å². The van der Waals surface area contributed by atoms with Gasteiger partial charge in [-0.2, -0.15) is 0 Å². The smallest absolute Gasteiger partial charge is 0.269 e. The summed E-state index contributed by atoms with van der Waals surface area (Å²) in [5, 5.41) is 13.4. The number of hydrogen-bond acceptors (Lipinski definition) is 3. The van der Waals surface area contributed by atoms with Gasteiger partial charge in [0.05, 0.1) is 4.92 Å². The van der Waals surface area contributed by atoms with Crippen LogP contribution >= 0.6 is 12.2 Å². The van der Waals surface area contributed by atoms with Gasteiger partial charge in [-0.3, -0.25) is 10.1 Å². The van der Waals surface area contributed by atoms with Crippen LogP contribution in [0.2, 0.25) is 0 Å². The van der Waals surface area contributed by atoms with Gasteiger partial charge in [0.1, 0.15) is 10.8 Å². The van der Waals surface area contributed by atoms with Gasteiger partial charge in [-0.15, -0.1) is 0 Å². The molecule has 0 aliphatic carbocycles. The highest BCUT2D eigenvalue weighted by Gasteiger charge is 2.06. The van der Waals surface area contributed by atoms with Gasteiger partial charge in [0, 0.05) is 23.4 Å². The maximum absolute atomic E-state index is 12.8. The van der Waals surface area contributed by atoms with Crippen molar-refractivity contribution < 1.29 is 9.31 Å². The van der Waals surface area contributed by atoms with E-state index in [1.165, 1.54) is 24.3 Å². The van der Waals surface area contributed by atoms with Crippen LogP contribution in [0.4, 0.5) is 15.8 Å². The van der Waals surface area contributed by atoms with Crippen LogP contribution in [-0.4, -0.2) is 9.91 Å². The van der Waals surface area contributed by atoms with Gasteiger partial charge in [0.15, 0.2) is 0 Å². The molecule has 4 nitrogen and oxygen atoms in total. The zero-order chi connectivity index (χ0) is 13.8. The predicted molar refractivity (Wildman–Crippen MR) is 74.8 cm³/mol. The predicted octanol–water partition coefficient (Wildman–Crippen LogP) is 3.52. The fourth-order valence-corrected chi connectivity index (χ4v) is 1.72. The highest BCUT2D eigenvalue weighted by molar-refractivity contribution is 7.81. The van der Waals surface area contributed by atoms with E-state index in [4.69, 9.17) is 12.2 Å². The Kier molecular flexibility index (Phi) is 3.82. The molecule has 6 heteroatoms. The molecule has 0 amide bonds. The van der Waals surface area contributed by atoms with E-state index in [0.29, 0.717) is 16.2 Å². The van der Waals surface area contributed by atoms with Crippen LogP contribution in [0.25, 0.3) is 0 Å². The minimum absolute atomic E-state index is 0.0123. The zero-order valence-corrected chi connectivity index (χ0v) is 10.5. The first-order chi connectivity index (χ1) is 9.06. The van der Waals surface area contributed by atoms with Gasteiger partial charge in [-0.1, -0.05) is 12.2 Å². The van der Waals surface area contributed by atoms with E-state index in [-0.39, 0.29) is 11.5 Å². The van der Waals surface area contributed by atoms with E-state index in [1.54, 1.807) is 24.3 Å². The minimum atomic E-state index is -0.470. The zero-order valence-electron chi connectivity index (χ0n) is 9.67. The Morgan fingerprint density at radius 3 is 2.21 bits per heavy atom. The highest BCUT2D eigenvalue weighted by atomic mass is 32.1. The van der Waals surface area contributed by atoms with Crippen molar-refractivity contribution in [2.75, 3.05) is 5.32 Å².